The first kappa shape index (κ1) is 12.8. The first-order chi connectivity index (χ1) is 8.09. The molecule has 0 unspecified atom stereocenters. The summed E-state index contributed by atoms with van der Waals surface area (Å²) in [7, 11) is 0. The topological polar surface area (TPSA) is 46.3 Å². The van der Waals surface area contributed by atoms with E-state index in [4.69, 9.17) is 5.73 Å². The average molecular weight is 344 g/mol. The fourth-order valence-corrected chi connectivity index (χ4v) is 2.40. The number of hydrogen-bond donors (Lipinski definition) is 1. The molecule has 2 rings (SSSR count). The lowest BCUT2D eigenvalue weighted by Crippen LogP contribution is -2.43. The highest BCUT2D eigenvalue weighted by atomic mass is 127. The van der Waals surface area contributed by atoms with Gasteiger partial charge in [0.1, 0.15) is 0 Å². The van der Waals surface area contributed by atoms with Gasteiger partial charge in [0.2, 0.25) is 5.91 Å². The molecule has 4 heteroatoms. The number of hydrogen-bond acceptors (Lipinski definition) is 2. The number of nitrogens with zero attached hydrogens (tertiary/aromatic N) is 1. The minimum absolute atomic E-state index is 0.0622. The summed E-state index contributed by atoms with van der Waals surface area (Å²) in [6, 6.07) is 8.17. The molecule has 3 nitrogen and oxygen atoms in total. The minimum atomic E-state index is -0.406. The smallest absolute Gasteiger partial charge is 0.239 e. The molecule has 0 aliphatic heterocycles. The molecule has 0 radical (unpaired) electrons. The van der Waals surface area contributed by atoms with E-state index < -0.39 is 6.04 Å². The third-order valence-corrected chi connectivity index (χ3v) is 4.01. The van der Waals surface area contributed by atoms with E-state index in [1.165, 1.54) is 9.13 Å². The van der Waals surface area contributed by atoms with Gasteiger partial charge in [-0.3, -0.25) is 4.79 Å². The van der Waals surface area contributed by atoms with E-state index in [-0.39, 0.29) is 5.91 Å². The molecule has 17 heavy (non-hydrogen) atoms. The first-order valence-electron chi connectivity index (χ1n) is 5.89. The van der Waals surface area contributed by atoms with E-state index in [1.54, 1.807) is 6.92 Å². The molecule has 1 aliphatic carbocycles. The molecule has 1 atom stereocenters. The highest BCUT2D eigenvalue weighted by Crippen LogP contribution is 2.29. The van der Waals surface area contributed by atoms with Crippen LogP contribution >= 0.6 is 22.6 Å². The molecule has 0 spiro atoms. The van der Waals surface area contributed by atoms with Crippen LogP contribution in [0.2, 0.25) is 0 Å². The molecule has 1 fully saturated rings. The average Bonchev–Trinajstić information content (AvgIpc) is 3.11. The molecule has 1 aromatic rings. The van der Waals surface area contributed by atoms with Gasteiger partial charge in [-0.05, 0) is 54.0 Å². The minimum Gasteiger partial charge on any atom is -0.334 e. The van der Waals surface area contributed by atoms with E-state index >= 15 is 0 Å². The maximum Gasteiger partial charge on any atom is 0.239 e. The van der Waals surface area contributed by atoms with Crippen LogP contribution in [0.1, 0.15) is 25.3 Å². The molecule has 0 aromatic heterocycles. The molecule has 0 saturated heterocycles. The number of carbonyl (C=O) groups excluding carboxylic acids is 1. The molecule has 1 aliphatic rings. The summed E-state index contributed by atoms with van der Waals surface area (Å²) in [6.07, 6.45) is 2.23. The van der Waals surface area contributed by atoms with Gasteiger partial charge in [-0.1, -0.05) is 18.2 Å². The molecule has 1 aromatic carbocycles. The van der Waals surface area contributed by atoms with Crippen molar-refractivity contribution in [2.45, 2.75) is 38.4 Å². The second-order valence-electron chi connectivity index (χ2n) is 4.58. The van der Waals surface area contributed by atoms with Gasteiger partial charge in [-0.15, -0.1) is 0 Å². The zero-order chi connectivity index (χ0) is 12.4. The van der Waals surface area contributed by atoms with Crippen molar-refractivity contribution in [1.82, 2.24) is 4.90 Å². The monoisotopic (exact) mass is 344 g/mol. The van der Waals surface area contributed by atoms with Crippen LogP contribution in [-0.4, -0.2) is 22.9 Å². The molecule has 1 amide bonds. The van der Waals surface area contributed by atoms with Gasteiger partial charge in [-0.2, -0.15) is 0 Å². The van der Waals surface area contributed by atoms with Gasteiger partial charge in [0, 0.05) is 16.2 Å². The first-order valence-corrected chi connectivity index (χ1v) is 6.97. The van der Waals surface area contributed by atoms with Crippen LogP contribution in [0.4, 0.5) is 0 Å². The Morgan fingerprint density at radius 2 is 2.18 bits per heavy atom. The lowest BCUT2D eigenvalue weighted by Gasteiger charge is -2.24. The van der Waals surface area contributed by atoms with Crippen molar-refractivity contribution >= 4 is 28.5 Å². The van der Waals surface area contributed by atoms with Gasteiger partial charge < -0.3 is 10.6 Å². The van der Waals surface area contributed by atoms with Crippen molar-refractivity contribution in [3.63, 3.8) is 0 Å². The van der Waals surface area contributed by atoms with E-state index in [9.17, 15) is 4.79 Å². The van der Waals surface area contributed by atoms with Crippen molar-refractivity contribution in [1.29, 1.82) is 0 Å². The summed E-state index contributed by atoms with van der Waals surface area (Å²) in [5.41, 5.74) is 6.90. The van der Waals surface area contributed by atoms with Gasteiger partial charge in [-0.25, -0.2) is 0 Å². The van der Waals surface area contributed by atoms with E-state index in [0.717, 1.165) is 12.8 Å². The van der Waals surface area contributed by atoms with Gasteiger partial charge in [0.15, 0.2) is 0 Å². The molecule has 0 heterocycles. The molecule has 0 bridgehead atoms. The Kier molecular flexibility index (Phi) is 4.04. The Balaban J connectivity index is 2.13. The van der Waals surface area contributed by atoms with Crippen molar-refractivity contribution in [3.8, 4) is 0 Å². The summed E-state index contributed by atoms with van der Waals surface area (Å²) in [6.45, 7) is 2.44. The standard InChI is InChI=1S/C13H17IN2O/c1-9(15)13(17)16(11-6-7-11)8-10-4-2-3-5-12(10)14/h2-5,9,11H,6-8,15H2,1H3/t9-/m0/s1. The SMILES string of the molecule is C[C@H](N)C(=O)N(Cc1ccccc1I)C1CC1. The van der Waals surface area contributed by atoms with Crippen LogP contribution in [0.15, 0.2) is 24.3 Å². The zero-order valence-electron chi connectivity index (χ0n) is 9.90. The summed E-state index contributed by atoms with van der Waals surface area (Å²) in [5.74, 6) is 0.0622. The predicted molar refractivity (Wildman–Crippen MR) is 76.4 cm³/mol. The number of amides is 1. The summed E-state index contributed by atoms with van der Waals surface area (Å²) in [4.78, 5) is 14.0. The van der Waals surface area contributed by atoms with Crippen molar-refractivity contribution < 1.29 is 4.79 Å². The highest BCUT2D eigenvalue weighted by molar-refractivity contribution is 14.1. The Morgan fingerprint density at radius 3 is 2.71 bits per heavy atom. The fraction of sp³-hybridized carbons (Fsp3) is 0.462. The number of rotatable bonds is 4. The number of halogens is 1. The third kappa shape index (κ3) is 3.19. The quantitative estimate of drug-likeness (QED) is 0.851. The van der Waals surface area contributed by atoms with Crippen LogP contribution in [0, 0.1) is 3.57 Å². The van der Waals surface area contributed by atoms with Gasteiger partial charge in [0.25, 0.3) is 0 Å². The lowest BCUT2D eigenvalue weighted by atomic mass is 10.2. The Bertz CT molecular complexity index is 416. The maximum atomic E-state index is 12.0. The summed E-state index contributed by atoms with van der Waals surface area (Å²) < 4.78 is 1.20. The zero-order valence-corrected chi connectivity index (χ0v) is 12.1. The van der Waals surface area contributed by atoms with Crippen LogP contribution < -0.4 is 5.73 Å². The summed E-state index contributed by atoms with van der Waals surface area (Å²) >= 11 is 2.31. The van der Waals surface area contributed by atoms with E-state index in [1.807, 2.05) is 17.0 Å². The molecular weight excluding hydrogens is 327 g/mol. The fourth-order valence-electron chi connectivity index (χ4n) is 1.84. The number of carbonyl (C=O) groups is 1. The van der Waals surface area contributed by atoms with E-state index in [2.05, 4.69) is 34.7 Å². The van der Waals surface area contributed by atoms with E-state index in [0.29, 0.717) is 12.6 Å². The lowest BCUT2D eigenvalue weighted by molar-refractivity contribution is -0.133. The normalized spacial score (nSPS) is 16.6. The van der Waals surface area contributed by atoms with Crippen molar-refractivity contribution in [2.75, 3.05) is 0 Å². The van der Waals surface area contributed by atoms with Crippen LogP contribution in [0.25, 0.3) is 0 Å². The highest BCUT2D eigenvalue weighted by Gasteiger charge is 2.33. The summed E-state index contributed by atoms with van der Waals surface area (Å²) in [5, 5.41) is 0. The van der Waals surface area contributed by atoms with Gasteiger partial charge >= 0.3 is 0 Å². The number of nitrogens with two attached hydrogens (primary N) is 1. The number of benzene rings is 1. The molecule has 2 N–H and O–H groups in total. The Morgan fingerprint density at radius 1 is 1.53 bits per heavy atom. The van der Waals surface area contributed by atoms with Crippen LogP contribution in [-0.2, 0) is 11.3 Å². The molecular formula is C13H17IN2O. The Labute approximate surface area is 116 Å². The van der Waals surface area contributed by atoms with Crippen molar-refractivity contribution in [2.24, 2.45) is 5.73 Å². The second-order valence-corrected chi connectivity index (χ2v) is 5.74. The third-order valence-electron chi connectivity index (χ3n) is 2.96. The second kappa shape index (κ2) is 5.35. The van der Waals surface area contributed by atoms with Crippen LogP contribution in [0.3, 0.4) is 0 Å². The maximum absolute atomic E-state index is 12.0. The van der Waals surface area contributed by atoms with Crippen molar-refractivity contribution in [3.05, 3.63) is 33.4 Å². The Hall–Kier alpha value is -0.620. The predicted octanol–water partition coefficient (Wildman–Crippen LogP) is 2.13. The van der Waals surface area contributed by atoms with Gasteiger partial charge in [0.05, 0.1) is 6.04 Å². The molecule has 1 saturated carbocycles. The molecule has 92 valence electrons. The largest absolute Gasteiger partial charge is 0.334 e. The van der Waals surface area contributed by atoms with Crippen LogP contribution in [0.5, 0.6) is 0 Å².